The summed E-state index contributed by atoms with van der Waals surface area (Å²) in [4.78, 5) is 41.6. The molecule has 0 spiro atoms. The predicted octanol–water partition coefficient (Wildman–Crippen LogP) is 2.53. The first-order valence-corrected chi connectivity index (χ1v) is 9.42. The van der Waals surface area contributed by atoms with Gasteiger partial charge in [0.15, 0.2) is 6.10 Å². The number of esters is 1. The number of carbonyl (C=O) groups excluding carboxylic acids is 2. The summed E-state index contributed by atoms with van der Waals surface area (Å²) in [5, 5.41) is 2.66. The van der Waals surface area contributed by atoms with Crippen LogP contribution in [0.1, 0.15) is 6.92 Å². The molecule has 3 aromatic rings. The van der Waals surface area contributed by atoms with Crippen LogP contribution in [0.2, 0.25) is 0 Å². The van der Waals surface area contributed by atoms with Crippen molar-refractivity contribution in [3.05, 3.63) is 52.9 Å². The van der Waals surface area contributed by atoms with Gasteiger partial charge in [-0.1, -0.05) is 0 Å². The Kier molecular flexibility index (Phi) is 6.05. The van der Waals surface area contributed by atoms with E-state index >= 15 is 0 Å². The lowest BCUT2D eigenvalue weighted by molar-refractivity contribution is -0.150. The van der Waals surface area contributed by atoms with Crippen LogP contribution in [0, 0.1) is 0 Å². The molecule has 0 unspecified atom stereocenters. The summed E-state index contributed by atoms with van der Waals surface area (Å²) in [5.74, 6) is -0.131. The maximum atomic E-state index is 12.2. The minimum Gasteiger partial charge on any atom is -0.497 e. The van der Waals surface area contributed by atoms with E-state index in [9.17, 15) is 14.4 Å². The van der Waals surface area contributed by atoms with Gasteiger partial charge in [0.1, 0.15) is 5.75 Å². The summed E-state index contributed by atoms with van der Waals surface area (Å²) in [7, 11) is 1.58. The van der Waals surface area contributed by atoms with E-state index in [2.05, 4.69) is 15.3 Å². The number of thioether (sulfide) groups is 1. The molecule has 1 atom stereocenters. The molecule has 0 aliphatic carbocycles. The molecular formula is C19H19N3O5S. The molecule has 1 aromatic heterocycles. The van der Waals surface area contributed by atoms with Gasteiger partial charge in [0.05, 0.1) is 23.9 Å². The van der Waals surface area contributed by atoms with Gasteiger partial charge in [-0.25, -0.2) is 4.79 Å². The number of ether oxygens (including phenoxy) is 2. The predicted molar refractivity (Wildman–Crippen MR) is 107 cm³/mol. The van der Waals surface area contributed by atoms with Gasteiger partial charge in [0, 0.05) is 10.6 Å². The van der Waals surface area contributed by atoms with Crippen LogP contribution in [-0.4, -0.2) is 40.8 Å². The summed E-state index contributed by atoms with van der Waals surface area (Å²) >= 11 is 1.31. The number of anilines is 1. The molecule has 0 bridgehead atoms. The summed E-state index contributed by atoms with van der Waals surface area (Å²) in [6, 6.07) is 12.2. The maximum absolute atomic E-state index is 12.2. The Morgan fingerprint density at radius 1 is 1.11 bits per heavy atom. The van der Waals surface area contributed by atoms with E-state index in [1.165, 1.54) is 18.7 Å². The fourth-order valence-electron chi connectivity index (χ4n) is 2.45. The summed E-state index contributed by atoms with van der Waals surface area (Å²) in [6.45, 7) is 1.50. The van der Waals surface area contributed by atoms with E-state index in [0.717, 1.165) is 10.6 Å². The van der Waals surface area contributed by atoms with Crippen LogP contribution < -0.4 is 15.7 Å². The fourth-order valence-corrected chi connectivity index (χ4v) is 3.13. The lowest BCUT2D eigenvalue weighted by atomic mass is 10.2. The largest absolute Gasteiger partial charge is 0.497 e. The Labute approximate surface area is 164 Å². The van der Waals surface area contributed by atoms with Crippen LogP contribution in [0.5, 0.6) is 5.75 Å². The monoisotopic (exact) mass is 401 g/mol. The molecule has 146 valence electrons. The number of carbonyl (C=O) groups is 2. The zero-order chi connectivity index (χ0) is 20.1. The van der Waals surface area contributed by atoms with Gasteiger partial charge in [-0.2, -0.15) is 0 Å². The Morgan fingerprint density at radius 2 is 1.82 bits per heavy atom. The second-order valence-corrected chi connectivity index (χ2v) is 6.97. The number of benzene rings is 2. The molecular weight excluding hydrogens is 382 g/mol. The highest BCUT2D eigenvalue weighted by atomic mass is 32.2. The van der Waals surface area contributed by atoms with Crippen molar-refractivity contribution < 1.29 is 19.1 Å². The van der Waals surface area contributed by atoms with Gasteiger partial charge < -0.3 is 24.8 Å². The molecule has 0 aliphatic heterocycles. The number of aromatic nitrogens is 2. The summed E-state index contributed by atoms with van der Waals surface area (Å²) in [6.07, 6.45) is -0.954. The Hall–Kier alpha value is -3.20. The molecule has 8 nitrogen and oxygen atoms in total. The minimum absolute atomic E-state index is 0.0838. The van der Waals surface area contributed by atoms with E-state index in [0.29, 0.717) is 16.7 Å². The number of hydrogen-bond donors (Lipinski definition) is 3. The summed E-state index contributed by atoms with van der Waals surface area (Å²) < 4.78 is 10.3. The van der Waals surface area contributed by atoms with E-state index in [4.69, 9.17) is 9.47 Å². The quantitative estimate of drug-likeness (QED) is 0.414. The van der Waals surface area contributed by atoms with E-state index in [1.54, 1.807) is 37.4 Å². The highest BCUT2D eigenvalue weighted by Gasteiger charge is 2.18. The number of amides is 1. The van der Waals surface area contributed by atoms with Gasteiger partial charge >= 0.3 is 11.7 Å². The molecule has 9 heteroatoms. The molecule has 0 saturated carbocycles. The van der Waals surface area contributed by atoms with Crippen LogP contribution >= 0.6 is 11.8 Å². The van der Waals surface area contributed by atoms with Crippen molar-refractivity contribution in [3.63, 3.8) is 0 Å². The second kappa shape index (κ2) is 8.66. The van der Waals surface area contributed by atoms with Crippen molar-refractivity contribution in [2.24, 2.45) is 0 Å². The third kappa shape index (κ3) is 4.95. The topological polar surface area (TPSA) is 113 Å². The smallest absolute Gasteiger partial charge is 0.323 e. The first kappa shape index (κ1) is 19.6. The van der Waals surface area contributed by atoms with Gasteiger partial charge in [0.2, 0.25) is 0 Å². The van der Waals surface area contributed by atoms with E-state index in [-0.39, 0.29) is 11.4 Å². The molecule has 28 heavy (non-hydrogen) atoms. The standard InChI is InChI=1S/C19H19N3O5S/c1-11(27-17(23)10-28-14-6-4-13(26-2)5-7-14)18(24)20-12-3-8-15-16(9-12)22-19(25)21-15/h3-9,11H,10H2,1-2H3,(H,20,24)(H2,21,22,25)/t11-/m1/s1. The number of imidazole rings is 1. The average Bonchev–Trinajstić information content (AvgIpc) is 3.06. The minimum atomic E-state index is -0.954. The number of H-pyrrole nitrogens is 2. The Morgan fingerprint density at radius 3 is 2.54 bits per heavy atom. The number of aromatic amines is 2. The highest BCUT2D eigenvalue weighted by Crippen LogP contribution is 2.21. The number of nitrogens with one attached hydrogen (secondary N) is 3. The van der Waals surface area contributed by atoms with Gasteiger partial charge in [-0.05, 0) is 49.4 Å². The number of rotatable bonds is 7. The lowest BCUT2D eigenvalue weighted by Crippen LogP contribution is -2.30. The summed E-state index contributed by atoms with van der Waals surface area (Å²) in [5.41, 5.74) is 1.37. The first-order chi connectivity index (χ1) is 13.4. The number of fused-ring (bicyclic) bond motifs is 1. The fraction of sp³-hybridized carbons (Fsp3) is 0.211. The zero-order valence-corrected chi connectivity index (χ0v) is 16.1. The molecule has 1 heterocycles. The van der Waals surface area contributed by atoms with E-state index < -0.39 is 18.0 Å². The molecule has 3 rings (SSSR count). The molecule has 0 saturated heterocycles. The van der Waals surface area contributed by atoms with Crippen molar-refractivity contribution in [2.45, 2.75) is 17.9 Å². The van der Waals surface area contributed by atoms with Gasteiger partial charge in [-0.15, -0.1) is 11.8 Å². The molecule has 2 aromatic carbocycles. The SMILES string of the molecule is COc1ccc(SCC(=O)O[C@H](C)C(=O)Nc2ccc3[nH]c(=O)[nH]c3c2)cc1. The third-order valence-electron chi connectivity index (χ3n) is 3.88. The van der Waals surface area contributed by atoms with Crippen LogP contribution in [0.3, 0.4) is 0 Å². The van der Waals surface area contributed by atoms with Crippen molar-refractivity contribution in [1.29, 1.82) is 0 Å². The Bertz CT molecular complexity index is 1040. The van der Waals surface area contributed by atoms with Crippen molar-refractivity contribution in [1.82, 2.24) is 9.97 Å². The average molecular weight is 401 g/mol. The third-order valence-corrected chi connectivity index (χ3v) is 4.86. The Balaban J connectivity index is 1.50. The van der Waals surface area contributed by atoms with E-state index in [1.807, 2.05) is 12.1 Å². The zero-order valence-electron chi connectivity index (χ0n) is 15.3. The van der Waals surface area contributed by atoms with Crippen LogP contribution in [0.25, 0.3) is 11.0 Å². The molecule has 1 amide bonds. The normalized spacial score (nSPS) is 11.8. The van der Waals surface area contributed by atoms with Gasteiger partial charge in [-0.3, -0.25) is 9.59 Å². The number of hydrogen-bond acceptors (Lipinski definition) is 6. The molecule has 3 N–H and O–H groups in total. The second-order valence-electron chi connectivity index (χ2n) is 5.93. The van der Waals surface area contributed by atoms with Gasteiger partial charge in [0.25, 0.3) is 5.91 Å². The van der Waals surface area contributed by atoms with Crippen molar-refractivity contribution >= 4 is 40.4 Å². The first-order valence-electron chi connectivity index (χ1n) is 8.44. The van der Waals surface area contributed by atoms with Crippen LogP contribution in [-0.2, 0) is 14.3 Å². The highest BCUT2D eigenvalue weighted by molar-refractivity contribution is 8.00. The lowest BCUT2D eigenvalue weighted by Gasteiger charge is -2.13. The molecule has 0 aliphatic rings. The molecule has 0 fully saturated rings. The molecule has 0 radical (unpaired) electrons. The van der Waals surface area contributed by atoms with Crippen molar-refractivity contribution in [2.75, 3.05) is 18.2 Å². The number of methoxy groups -OCH3 is 1. The van der Waals surface area contributed by atoms with Crippen LogP contribution in [0.15, 0.2) is 52.2 Å². The van der Waals surface area contributed by atoms with Crippen molar-refractivity contribution in [3.8, 4) is 5.75 Å². The van der Waals surface area contributed by atoms with Crippen LogP contribution in [0.4, 0.5) is 5.69 Å². The maximum Gasteiger partial charge on any atom is 0.323 e.